The van der Waals surface area contributed by atoms with Crippen LogP contribution >= 0.6 is 0 Å². The van der Waals surface area contributed by atoms with Gasteiger partial charge in [0.15, 0.2) is 5.78 Å². The number of cyclic esters (lactones) is 1. The molecule has 1 fully saturated rings. The summed E-state index contributed by atoms with van der Waals surface area (Å²) in [6, 6.07) is 13.0. The molecular formula is C20H17NO4. The average molecular weight is 335 g/mol. The summed E-state index contributed by atoms with van der Waals surface area (Å²) in [6.07, 6.45) is 3.89. The molecule has 2 heterocycles. The predicted octanol–water partition coefficient (Wildman–Crippen LogP) is 3.47. The standard InChI is InChI=1S/C20H17NO4/c22-18(6-4-14-5-7-19-16(12-14)8-10-24-19)15-2-1-3-17(13-15)21-9-11-25-20(21)23/h1-7,12-13H,8-11H2. The number of amides is 1. The monoisotopic (exact) mass is 335 g/mol. The Bertz CT molecular complexity index is 872. The molecule has 0 atom stereocenters. The highest BCUT2D eigenvalue weighted by atomic mass is 16.6. The Balaban J connectivity index is 1.52. The van der Waals surface area contributed by atoms with Crippen LogP contribution in [0.2, 0.25) is 0 Å². The Hall–Kier alpha value is -3.08. The van der Waals surface area contributed by atoms with Gasteiger partial charge in [0.1, 0.15) is 12.4 Å². The number of carbonyl (C=O) groups excluding carboxylic acids is 2. The molecule has 2 aromatic carbocycles. The van der Waals surface area contributed by atoms with Gasteiger partial charge in [0.05, 0.1) is 13.2 Å². The Morgan fingerprint density at radius 3 is 2.84 bits per heavy atom. The Kier molecular flexibility index (Phi) is 3.98. The summed E-state index contributed by atoms with van der Waals surface area (Å²) >= 11 is 0. The smallest absolute Gasteiger partial charge is 0.414 e. The molecule has 1 saturated heterocycles. The van der Waals surface area contributed by atoms with Crippen LogP contribution in [0.15, 0.2) is 48.5 Å². The van der Waals surface area contributed by atoms with Crippen LogP contribution in [0.25, 0.3) is 6.08 Å². The van der Waals surface area contributed by atoms with Crippen molar-refractivity contribution in [1.82, 2.24) is 0 Å². The molecular weight excluding hydrogens is 318 g/mol. The SMILES string of the molecule is O=C(C=Cc1ccc2c(c1)CCO2)c1cccc(N2CCOC2=O)c1. The second kappa shape index (κ2) is 6.43. The van der Waals surface area contributed by atoms with E-state index in [4.69, 9.17) is 9.47 Å². The van der Waals surface area contributed by atoms with E-state index in [9.17, 15) is 9.59 Å². The molecule has 0 N–H and O–H groups in total. The lowest BCUT2D eigenvalue weighted by molar-refractivity contribution is 0.104. The van der Waals surface area contributed by atoms with E-state index in [1.807, 2.05) is 18.2 Å². The van der Waals surface area contributed by atoms with Gasteiger partial charge < -0.3 is 9.47 Å². The van der Waals surface area contributed by atoms with Crippen molar-refractivity contribution in [3.63, 3.8) is 0 Å². The van der Waals surface area contributed by atoms with Gasteiger partial charge in [0, 0.05) is 17.7 Å². The fourth-order valence-corrected chi connectivity index (χ4v) is 3.03. The van der Waals surface area contributed by atoms with E-state index >= 15 is 0 Å². The topological polar surface area (TPSA) is 55.8 Å². The van der Waals surface area contributed by atoms with Gasteiger partial charge in [-0.05, 0) is 41.5 Å². The van der Waals surface area contributed by atoms with Gasteiger partial charge in [-0.1, -0.05) is 24.3 Å². The van der Waals surface area contributed by atoms with E-state index in [0.29, 0.717) is 31.0 Å². The molecule has 0 saturated carbocycles. The zero-order chi connectivity index (χ0) is 17.2. The molecule has 0 radical (unpaired) electrons. The molecule has 2 aromatic rings. The highest BCUT2D eigenvalue weighted by Gasteiger charge is 2.23. The van der Waals surface area contributed by atoms with E-state index in [0.717, 1.165) is 17.7 Å². The molecule has 0 spiro atoms. The fourth-order valence-electron chi connectivity index (χ4n) is 3.03. The Morgan fingerprint density at radius 1 is 1.08 bits per heavy atom. The summed E-state index contributed by atoms with van der Waals surface area (Å²) in [6.45, 7) is 1.59. The van der Waals surface area contributed by atoms with Crippen molar-refractivity contribution >= 4 is 23.6 Å². The predicted molar refractivity (Wildman–Crippen MR) is 94.1 cm³/mol. The quantitative estimate of drug-likeness (QED) is 0.634. The number of benzene rings is 2. The number of hydrogen-bond acceptors (Lipinski definition) is 4. The number of allylic oxidation sites excluding steroid dienone is 1. The summed E-state index contributed by atoms with van der Waals surface area (Å²) in [7, 11) is 0. The van der Waals surface area contributed by atoms with E-state index < -0.39 is 0 Å². The first-order chi connectivity index (χ1) is 12.2. The average Bonchev–Trinajstić information content (AvgIpc) is 3.27. The van der Waals surface area contributed by atoms with Crippen LogP contribution in [-0.2, 0) is 11.2 Å². The van der Waals surface area contributed by atoms with Crippen LogP contribution in [0.4, 0.5) is 10.5 Å². The summed E-state index contributed by atoms with van der Waals surface area (Å²) in [5.41, 5.74) is 3.36. The lowest BCUT2D eigenvalue weighted by Crippen LogP contribution is -2.23. The molecule has 0 aliphatic carbocycles. The number of carbonyl (C=O) groups is 2. The lowest BCUT2D eigenvalue weighted by Gasteiger charge is -2.13. The molecule has 0 bridgehead atoms. The third-order valence-electron chi connectivity index (χ3n) is 4.34. The maximum absolute atomic E-state index is 12.5. The van der Waals surface area contributed by atoms with Gasteiger partial charge >= 0.3 is 6.09 Å². The van der Waals surface area contributed by atoms with E-state index in [1.165, 1.54) is 10.5 Å². The van der Waals surface area contributed by atoms with E-state index in [1.54, 1.807) is 36.4 Å². The van der Waals surface area contributed by atoms with Gasteiger partial charge in [-0.25, -0.2) is 4.79 Å². The van der Waals surface area contributed by atoms with Crippen LogP contribution in [0, 0.1) is 0 Å². The molecule has 2 aliphatic rings. The van der Waals surface area contributed by atoms with E-state index in [2.05, 4.69) is 0 Å². The van der Waals surface area contributed by atoms with Crippen molar-refractivity contribution in [2.24, 2.45) is 0 Å². The highest BCUT2D eigenvalue weighted by Crippen LogP contribution is 2.26. The molecule has 25 heavy (non-hydrogen) atoms. The van der Waals surface area contributed by atoms with Gasteiger partial charge in [-0.2, -0.15) is 0 Å². The van der Waals surface area contributed by atoms with Crippen LogP contribution < -0.4 is 9.64 Å². The zero-order valence-corrected chi connectivity index (χ0v) is 13.6. The maximum Gasteiger partial charge on any atom is 0.414 e. The second-order valence-electron chi connectivity index (χ2n) is 5.98. The van der Waals surface area contributed by atoms with Gasteiger partial charge in [0.25, 0.3) is 0 Å². The molecule has 0 aromatic heterocycles. The molecule has 4 rings (SSSR count). The number of fused-ring (bicyclic) bond motifs is 1. The number of nitrogens with zero attached hydrogens (tertiary/aromatic N) is 1. The largest absolute Gasteiger partial charge is 0.493 e. The fraction of sp³-hybridized carbons (Fsp3) is 0.200. The van der Waals surface area contributed by atoms with E-state index in [-0.39, 0.29) is 11.9 Å². The minimum Gasteiger partial charge on any atom is -0.493 e. The summed E-state index contributed by atoms with van der Waals surface area (Å²) in [5, 5.41) is 0. The minimum atomic E-state index is -0.375. The molecule has 5 nitrogen and oxygen atoms in total. The van der Waals surface area contributed by atoms with Crippen LogP contribution in [0.3, 0.4) is 0 Å². The number of ketones is 1. The molecule has 5 heteroatoms. The first-order valence-corrected chi connectivity index (χ1v) is 8.23. The molecule has 1 amide bonds. The summed E-state index contributed by atoms with van der Waals surface area (Å²) in [5.74, 6) is 0.819. The Morgan fingerprint density at radius 2 is 2.00 bits per heavy atom. The lowest BCUT2D eigenvalue weighted by atomic mass is 10.1. The normalized spacial score (nSPS) is 16.0. The molecule has 126 valence electrons. The summed E-state index contributed by atoms with van der Waals surface area (Å²) in [4.78, 5) is 25.6. The van der Waals surface area contributed by atoms with Crippen LogP contribution in [0.5, 0.6) is 5.75 Å². The third kappa shape index (κ3) is 3.13. The van der Waals surface area contributed by atoms with Crippen molar-refractivity contribution in [1.29, 1.82) is 0 Å². The maximum atomic E-state index is 12.5. The first kappa shape index (κ1) is 15.4. The zero-order valence-electron chi connectivity index (χ0n) is 13.6. The number of anilines is 1. The minimum absolute atomic E-state index is 0.105. The summed E-state index contributed by atoms with van der Waals surface area (Å²) < 4.78 is 10.4. The van der Waals surface area contributed by atoms with Crippen molar-refractivity contribution in [2.75, 3.05) is 24.7 Å². The van der Waals surface area contributed by atoms with Crippen molar-refractivity contribution in [2.45, 2.75) is 6.42 Å². The highest BCUT2D eigenvalue weighted by molar-refractivity contribution is 6.07. The second-order valence-corrected chi connectivity index (χ2v) is 5.98. The van der Waals surface area contributed by atoms with Crippen molar-refractivity contribution in [3.05, 3.63) is 65.2 Å². The molecule has 2 aliphatic heterocycles. The number of rotatable bonds is 4. The number of ether oxygens (including phenoxy) is 2. The van der Waals surface area contributed by atoms with Gasteiger partial charge in [-0.15, -0.1) is 0 Å². The van der Waals surface area contributed by atoms with Crippen LogP contribution in [-0.4, -0.2) is 31.6 Å². The number of hydrogen-bond donors (Lipinski definition) is 0. The molecule has 0 unspecified atom stereocenters. The van der Waals surface area contributed by atoms with Gasteiger partial charge in [-0.3, -0.25) is 9.69 Å². The van der Waals surface area contributed by atoms with Crippen molar-refractivity contribution in [3.8, 4) is 5.75 Å². The third-order valence-corrected chi connectivity index (χ3v) is 4.34. The van der Waals surface area contributed by atoms with Crippen molar-refractivity contribution < 1.29 is 19.1 Å². The first-order valence-electron chi connectivity index (χ1n) is 8.23. The Labute approximate surface area is 145 Å². The van der Waals surface area contributed by atoms with Crippen LogP contribution in [0.1, 0.15) is 21.5 Å². The van der Waals surface area contributed by atoms with Gasteiger partial charge in [0.2, 0.25) is 0 Å².